The second-order valence-electron chi connectivity index (χ2n) is 3.68. The van der Waals surface area contributed by atoms with Crippen LogP contribution in [0.25, 0.3) is 0 Å². The second-order valence-corrected chi connectivity index (χ2v) is 3.68. The maximum absolute atomic E-state index is 11.0. The number of rotatable bonds is 3. The van der Waals surface area contributed by atoms with Gasteiger partial charge in [-0.15, -0.1) is 0 Å². The molecular weight excluding hydrogens is 168 g/mol. The third-order valence-corrected chi connectivity index (χ3v) is 2.03. The lowest BCUT2D eigenvalue weighted by atomic mass is 10.1. The van der Waals surface area contributed by atoms with Gasteiger partial charge in [-0.3, -0.25) is 0 Å². The Kier molecular flexibility index (Phi) is 3.48. The van der Waals surface area contributed by atoms with Gasteiger partial charge < -0.3 is 9.47 Å². The normalized spacial score (nSPS) is 27.2. The largest absolute Gasteiger partial charge is 0.460 e. The molecule has 0 saturated carbocycles. The van der Waals surface area contributed by atoms with Crippen molar-refractivity contribution in [2.75, 3.05) is 13.2 Å². The van der Waals surface area contributed by atoms with Crippen LogP contribution >= 0.6 is 0 Å². The molecule has 0 N–H and O–H groups in total. The van der Waals surface area contributed by atoms with Gasteiger partial charge in [0.25, 0.3) is 0 Å². The van der Waals surface area contributed by atoms with Crippen molar-refractivity contribution in [2.45, 2.75) is 26.4 Å². The fourth-order valence-corrected chi connectivity index (χ4v) is 1.29. The molecule has 0 spiro atoms. The summed E-state index contributed by atoms with van der Waals surface area (Å²) in [6.07, 6.45) is 1.06. The van der Waals surface area contributed by atoms with Crippen molar-refractivity contribution in [1.82, 2.24) is 0 Å². The fraction of sp³-hybridized carbons (Fsp3) is 0.700. The lowest BCUT2D eigenvalue weighted by Gasteiger charge is -2.09. The predicted molar refractivity (Wildman–Crippen MR) is 49.3 cm³/mol. The van der Waals surface area contributed by atoms with E-state index in [9.17, 15) is 4.79 Å². The molecule has 0 aromatic heterocycles. The highest BCUT2D eigenvalue weighted by molar-refractivity contribution is 5.86. The van der Waals surface area contributed by atoms with Crippen molar-refractivity contribution in [3.63, 3.8) is 0 Å². The summed E-state index contributed by atoms with van der Waals surface area (Å²) >= 11 is 0. The van der Waals surface area contributed by atoms with Gasteiger partial charge in [0.05, 0.1) is 6.10 Å². The minimum atomic E-state index is -0.330. The Morgan fingerprint density at radius 2 is 2.38 bits per heavy atom. The molecule has 74 valence electrons. The highest BCUT2D eigenvalue weighted by Gasteiger charge is 2.23. The summed E-state index contributed by atoms with van der Waals surface area (Å²) in [5, 5.41) is 0. The van der Waals surface area contributed by atoms with Crippen LogP contribution in [-0.2, 0) is 14.3 Å². The average Bonchev–Trinajstić information content (AvgIpc) is 2.47. The van der Waals surface area contributed by atoms with Crippen molar-refractivity contribution in [1.29, 1.82) is 0 Å². The highest BCUT2D eigenvalue weighted by atomic mass is 16.6. The fourth-order valence-electron chi connectivity index (χ4n) is 1.29. The van der Waals surface area contributed by atoms with Gasteiger partial charge in [-0.25, -0.2) is 4.79 Å². The van der Waals surface area contributed by atoms with Gasteiger partial charge in [0.2, 0.25) is 0 Å². The third-order valence-electron chi connectivity index (χ3n) is 2.03. The van der Waals surface area contributed by atoms with Gasteiger partial charge in [-0.2, -0.15) is 0 Å². The number of carbonyl (C=O) groups is 1. The lowest BCUT2D eigenvalue weighted by molar-refractivity contribution is -0.142. The van der Waals surface area contributed by atoms with Crippen molar-refractivity contribution in [2.24, 2.45) is 5.92 Å². The molecule has 0 aromatic rings. The molecule has 13 heavy (non-hydrogen) atoms. The Morgan fingerprint density at radius 1 is 1.69 bits per heavy atom. The minimum absolute atomic E-state index is 0.0818. The average molecular weight is 184 g/mol. The monoisotopic (exact) mass is 184 g/mol. The summed E-state index contributed by atoms with van der Waals surface area (Å²) in [4.78, 5) is 11.0. The summed E-state index contributed by atoms with van der Waals surface area (Å²) in [5.74, 6) is 0.247. The molecule has 1 saturated heterocycles. The van der Waals surface area contributed by atoms with E-state index >= 15 is 0 Å². The molecular formula is C10H16O3. The van der Waals surface area contributed by atoms with Crippen LogP contribution in [-0.4, -0.2) is 25.3 Å². The molecule has 0 aromatic carbocycles. The first-order chi connectivity index (χ1) is 6.09. The van der Waals surface area contributed by atoms with Crippen LogP contribution in [0.4, 0.5) is 0 Å². The van der Waals surface area contributed by atoms with Crippen molar-refractivity contribution < 1.29 is 14.3 Å². The van der Waals surface area contributed by atoms with Crippen LogP contribution in [0.15, 0.2) is 12.2 Å². The van der Waals surface area contributed by atoms with Crippen LogP contribution < -0.4 is 0 Å². The smallest absolute Gasteiger partial charge is 0.333 e. The van der Waals surface area contributed by atoms with Gasteiger partial charge >= 0.3 is 5.97 Å². The standard InChI is InChI=1S/C10H16O3/c1-7(2)10(11)13-6-9-4-8(3)5-12-9/h8-9H,1,4-6H2,2-3H3. The van der Waals surface area contributed by atoms with Crippen LogP contribution in [0.5, 0.6) is 0 Å². The maximum Gasteiger partial charge on any atom is 0.333 e. The molecule has 2 unspecified atom stereocenters. The molecule has 0 radical (unpaired) electrons. The van der Waals surface area contributed by atoms with Crippen LogP contribution in [0.2, 0.25) is 0 Å². The molecule has 2 atom stereocenters. The zero-order chi connectivity index (χ0) is 9.84. The topological polar surface area (TPSA) is 35.5 Å². The van der Waals surface area contributed by atoms with Gasteiger partial charge in [-0.1, -0.05) is 13.5 Å². The van der Waals surface area contributed by atoms with E-state index < -0.39 is 0 Å². The summed E-state index contributed by atoms with van der Waals surface area (Å²) < 4.78 is 10.4. The Morgan fingerprint density at radius 3 is 2.85 bits per heavy atom. The van der Waals surface area contributed by atoms with Gasteiger partial charge in [0, 0.05) is 12.2 Å². The second kappa shape index (κ2) is 4.42. The van der Waals surface area contributed by atoms with E-state index in [1.165, 1.54) is 0 Å². The van der Waals surface area contributed by atoms with Crippen molar-refractivity contribution >= 4 is 5.97 Å². The first-order valence-corrected chi connectivity index (χ1v) is 4.54. The Labute approximate surface area is 78.7 Å². The summed E-state index contributed by atoms with van der Waals surface area (Å²) in [6.45, 7) is 8.40. The van der Waals surface area contributed by atoms with Gasteiger partial charge in [-0.05, 0) is 19.3 Å². The molecule has 1 aliphatic heterocycles. The van der Waals surface area contributed by atoms with Gasteiger partial charge in [0.15, 0.2) is 0 Å². The zero-order valence-electron chi connectivity index (χ0n) is 8.21. The molecule has 0 amide bonds. The van der Waals surface area contributed by atoms with E-state index in [1.807, 2.05) is 0 Å². The van der Waals surface area contributed by atoms with E-state index in [4.69, 9.17) is 9.47 Å². The summed E-state index contributed by atoms with van der Waals surface area (Å²) in [7, 11) is 0. The Hall–Kier alpha value is -0.830. The molecule has 1 rings (SSSR count). The number of hydrogen-bond acceptors (Lipinski definition) is 3. The number of hydrogen-bond donors (Lipinski definition) is 0. The van der Waals surface area contributed by atoms with Crippen LogP contribution in [0.1, 0.15) is 20.3 Å². The SMILES string of the molecule is C=C(C)C(=O)OCC1CC(C)CO1. The third kappa shape index (κ3) is 3.19. The predicted octanol–water partition coefficient (Wildman–Crippen LogP) is 1.53. The van der Waals surface area contributed by atoms with E-state index in [0.29, 0.717) is 18.1 Å². The Balaban J connectivity index is 2.20. The van der Waals surface area contributed by atoms with Gasteiger partial charge in [0.1, 0.15) is 6.61 Å². The zero-order valence-corrected chi connectivity index (χ0v) is 8.21. The quantitative estimate of drug-likeness (QED) is 0.493. The lowest BCUT2D eigenvalue weighted by Crippen LogP contribution is -2.18. The van der Waals surface area contributed by atoms with E-state index in [2.05, 4.69) is 13.5 Å². The summed E-state index contributed by atoms with van der Waals surface area (Å²) in [5.41, 5.74) is 0.436. The maximum atomic E-state index is 11.0. The van der Waals surface area contributed by atoms with E-state index in [0.717, 1.165) is 13.0 Å². The molecule has 0 bridgehead atoms. The first kappa shape index (κ1) is 10.3. The van der Waals surface area contributed by atoms with E-state index in [-0.39, 0.29) is 12.1 Å². The first-order valence-electron chi connectivity index (χ1n) is 4.54. The van der Waals surface area contributed by atoms with Crippen LogP contribution in [0, 0.1) is 5.92 Å². The molecule has 1 heterocycles. The molecule has 0 aliphatic carbocycles. The van der Waals surface area contributed by atoms with Crippen molar-refractivity contribution in [3.8, 4) is 0 Å². The van der Waals surface area contributed by atoms with E-state index in [1.54, 1.807) is 6.92 Å². The highest BCUT2D eigenvalue weighted by Crippen LogP contribution is 2.18. The number of carbonyl (C=O) groups excluding carboxylic acids is 1. The summed E-state index contributed by atoms with van der Waals surface area (Å²) in [6, 6.07) is 0. The molecule has 1 aliphatic rings. The van der Waals surface area contributed by atoms with Crippen molar-refractivity contribution in [3.05, 3.63) is 12.2 Å². The number of esters is 1. The molecule has 3 heteroatoms. The molecule has 1 fully saturated rings. The number of ether oxygens (including phenoxy) is 2. The molecule has 3 nitrogen and oxygen atoms in total. The van der Waals surface area contributed by atoms with Crippen LogP contribution in [0.3, 0.4) is 0 Å². The minimum Gasteiger partial charge on any atom is -0.460 e. The Bertz CT molecular complexity index is 210.